The highest BCUT2D eigenvalue weighted by molar-refractivity contribution is 7.89. The van der Waals surface area contributed by atoms with E-state index in [1.807, 2.05) is 6.92 Å². The summed E-state index contributed by atoms with van der Waals surface area (Å²) in [5, 5.41) is 10.9. The highest BCUT2D eigenvalue weighted by Crippen LogP contribution is 2.26. The molecule has 0 saturated heterocycles. The first-order chi connectivity index (χ1) is 9.47. The lowest BCUT2D eigenvalue weighted by atomic mass is 10.3. The molecule has 0 aliphatic heterocycles. The van der Waals surface area contributed by atoms with Crippen LogP contribution in [0, 0.1) is 6.92 Å². The molecule has 0 radical (unpaired) electrons. The number of aliphatic hydroxyl groups is 1. The Kier molecular flexibility index (Phi) is 4.59. The monoisotopic (exact) mass is 316 g/mol. The molecule has 0 aromatic carbocycles. The number of aliphatic hydroxyl groups excluding tert-OH is 1. The molecule has 2 aromatic heterocycles. The Labute approximate surface area is 121 Å². The average Bonchev–Trinajstić information content (AvgIpc) is 3.02. The Morgan fingerprint density at radius 1 is 1.50 bits per heavy atom. The van der Waals surface area contributed by atoms with Crippen LogP contribution in [0.4, 0.5) is 0 Å². The molecule has 0 fully saturated rings. The Hall–Kier alpha value is -1.22. The molecule has 110 valence electrons. The van der Waals surface area contributed by atoms with Crippen molar-refractivity contribution in [1.82, 2.24) is 9.71 Å². The summed E-state index contributed by atoms with van der Waals surface area (Å²) in [6, 6.07) is 0. The topological polar surface area (TPSA) is 92.4 Å². The van der Waals surface area contributed by atoms with Crippen molar-refractivity contribution in [3.8, 4) is 0 Å². The average molecular weight is 316 g/mol. The zero-order valence-corrected chi connectivity index (χ0v) is 12.8. The van der Waals surface area contributed by atoms with Gasteiger partial charge in [-0.15, -0.1) is 11.3 Å². The molecule has 0 atom stereocenters. The normalized spacial score (nSPS) is 11.9. The molecular formula is C12H16N2O4S2. The second-order valence-corrected chi connectivity index (χ2v) is 6.90. The molecule has 0 unspecified atom stereocenters. The molecule has 2 aromatic rings. The van der Waals surface area contributed by atoms with E-state index in [-0.39, 0.29) is 18.0 Å². The van der Waals surface area contributed by atoms with E-state index in [2.05, 4.69) is 9.71 Å². The van der Waals surface area contributed by atoms with Gasteiger partial charge in [0.1, 0.15) is 10.7 Å². The van der Waals surface area contributed by atoms with Gasteiger partial charge in [0.05, 0.1) is 24.2 Å². The SMILES string of the molecule is CCc1cnc(CNS(=O)(=O)c2c(C)csc2CO)o1. The number of thiophene rings is 1. The van der Waals surface area contributed by atoms with E-state index < -0.39 is 10.0 Å². The summed E-state index contributed by atoms with van der Waals surface area (Å²) in [5.41, 5.74) is 0.619. The Morgan fingerprint density at radius 2 is 2.25 bits per heavy atom. The molecule has 0 aliphatic rings. The van der Waals surface area contributed by atoms with E-state index in [0.717, 1.165) is 0 Å². The van der Waals surface area contributed by atoms with Gasteiger partial charge in [0.25, 0.3) is 0 Å². The van der Waals surface area contributed by atoms with Gasteiger partial charge in [-0.3, -0.25) is 0 Å². The second kappa shape index (κ2) is 6.04. The lowest BCUT2D eigenvalue weighted by Crippen LogP contribution is -2.24. The number of sulfonamides is 1. The van der Waals surface area contributed by atoms with Crippen LogP contribution in [0.25, 0.3) is 0 Å². The third-order valence-corrected chi connectivity index (χ3v) is 5.61. The maximum absolute atomic E-state index is 12.3. The quantitative estimate of drug-likeness (QED) is 0.844. The molecule has 2 rings (SSSR count). The number of aromatic nitrogens is 1. The summed E-state index contributed by atoms with van der Waals surface area (Å²) in [6.07, 6.45) is 2.29. The van der Waals surface area contributed by atoms with E-state index >= 15 is 0 Å². The molecule has 0 bridgehead atoms. The van der Waals surface area contributed by atoms with Gasteiger partial charge in [0.2, 0.25) is 15.9 Å². The summed E-state index contributed by atoms with van der Waals surface area (Å²) in [4.78, 5) is 4.57. The molecular weight excluding hydrogens is 300 g/mol. The van der Waals surface area contributed by atoms with Crippen molar-refractivity contribution in [1.29, 1.82) is 0 Å². The standard InChI is InChI=1S/C12H16N2O4S2/c1-3-9-4-13-11(18-9)5-14-20(16,17)12-8(2)7-19-10(12)6-15/h4,7,14-15H,3,5-6H2,1-2H3. The fourth-order valence-electron chi connectivity index (χ4n) is 1.78. The predicted octanol–water partition coefficient (Wildman–Crippen LogP) is 1.58. The highest BCUT2D eigenvalue weighted by atomic mass is 32.2. The number of oxazole rings is 1. The molecule has 2 N–H and O–H groups in total. The summed E-state index contributed by atoms with van der Waals surface area (Å²) < 4.78 is 32.3. The van der Waals surface area contributed by atoms with Crippen LogP contribution in [-0.4, -0.2) is 18.5 Å². The van der Waals surface area contributed by atoms with Crippen LogP contribution in [0.5, 0.6) is 0 Å². The largest absolute Gasteiger partial charge is 0.444 e. The molecule has 20 heavy (non-hydrogen) atoms. The van der Waals surface area contributed by atoms with Crippen molar-refractivity contribution in [3.63, 3.8) is 0 Å². The van der Waals surface area contributed by atoms with Crippen LogP contribution in [0.15, 0.2) is 20.9 Å². The number of hydrogen-bond acceptors (Lipinski definition) is 6. The number of aryl methyl sites for hydroxylation is 2. The predicted molar refractivity (Wildman–Crippen MR) is 74.9 cm³/mol. The van der Waals surface area contributed by atoms with Crippen molar-refractivity contribution in [2.45, 2.75) is 38.3 Å². The maximum atomic E-state index is 12.3. The summed E-state index contributed by atoms with van der Waals surface area (Å²) in [6.45, 7) is 3.32. The van der Waals surface area contributed by atoms with Crippen molar-refractivity contribution in [2.24, 2.45) is 0 Å². The zero-order chi connectivity index (χ0) is 14.8. The third-order valence-electron chi connectivity index (χ3n) is 2.77. The molecule has 0 spiro atoms. The van der Waals surface area contributed by atoms with Crippen molar-refractivity contribution in [2.75, 3.05) is 0 Å². The van der Waals surface area contributed by atoms with Crippen molar-refractivity contribution in [3.05, 3.63) is 33.7 Å². The maximum Gasteiger partial charge on any atom is 0.242 e. The van der Waals surface area contributed by atoms with E-state index in [0.29, 0.717) is 28.5 Å². The summed E-state index contributed by atoms with van der Waals surface area (Å²) in [7, 11) is -3.69. The molecule has 8 heteroatoms. The summed E-state index contributed by atoms with van der Waals surface area (Å²) in [5.74, 6) is 1.03. The van der Waals surface area contributed by atoms with Crippen LogP contribution in [0.3, 0.4) is 0 Å². The smallest absolute Gasteiger partial charge is 0.242 e. The molecule has 6 nitrogen and oxygen atoms in total. The minimum atomic E-state index is -3.69. The first-order valence-corrected chi connectivity index (χ1v) is 8.45. The van der Waals surface area contributed by atoms with E-state index in [1.54, 1.807) is 18.5 Å². The number of hydrogen-bond donors (Lipinski definition) is 2. The fourth-order valence-corrected chi connectivity index (χ4v) is 4.41. The number of rotatable bonds is 6. The fraction of sp³-hybridized carbons (Fsp3) is 0.417. The van der Waals surface area contributed by atoms with Crippen LogP contribution in [0.2, 0.25) is 0 Å². The number of nitrogens with zero attached hydrogens (tertiary/aromatic N) is 1. The summed E-state index contributed by atoms with van der Waals surface area (Å²) >= 11 is 1.22. The van der Waals surface area contributed by atoms with Gasteiger partial charge in [-0.05, 0) is 17.9 Å². The minimum Gasteiger partial charge on any atom is -0.444 e. The lowest BCUT2D eigenvalue weighted by molar-refractivity contribution is 0.282. The number of nitrogens with one attached hydrogen (secondary N) is 1. The van der Waals surface area contributed by atoms with Gasteiger partial charge in [-0.1, -0.05) is 6.92 Å². The zero-order valence-electron chi connectivity index (χ0n) is 11.2. The van der Waals surface area contributed by atoms with E-state index in [4.69, 9.17) is 4.42 Å². The van der Waals surface area contributed by atoms with Gasteiger partial charge in [0, 0.05) is 6.42 Å². The van der Waals surface area contributed by atoms with Crippen LogP contribution in [0.1, 0.15) is 29.0 Å². The highest BCUT2D eigenvalue weighted by Gasteiger charge is 2.23. The van der Waals surface area contributed by atoms with E-state index in [9.17, 15) is 13.5 Å². The van der Waals surface area contributed by atoms with Gasteiger partial charge in [-0.25, -0.2) is 18.1 Å². The Balaban J connectivity index is 2.17. The van der Waals surface area contributed by atoms with Crippen molar-refractivity contribution >= 4 is 21.4 Å². The van der Waals surface area contributed by atoms with Crippen molar-refractivity contribution < 1.29 is 17.9 Å². The molecule has 2 heterocycles. The molecule has 0 amide bonds. The minimum absolute atomic E-state index is 0.0114. The van der Waals surface area contributed by atoms with Gasteiger partial charge in [0.15, 0.2) is 0 Å². The van der Waals surface area contributed by atoms with Gasteiger partial charge in [-0.2, -0.15) is 0 Å². The van der Waals surface area contributed by atoms with Crippen LogP contribution < -0.4 is 4.72 Å². The van der Waals surface area contributed by atoms with E-state index in [1.165, 1.54) is 11.3 Å². The molecule has 0 aliphatic carbocycles. The molecule has 0 saturated carbocycles. The van der Waals surface area contributed by atoms with Crippen LogP contribution >= 0.6 is 11.3 Å². The lowest BCUT2D eigenvalue weighted by Gasteiger charge is -2.06. The first-order valence-electron chi connectivity index (χ1n) is 6.09. The second-order valence-electron chi connectivity index (χ2n) is 4.23. The first kappa shape index (κ1) is 15.2. The van der Waals surface area contributed by atoms with Crippen LogP contribution in [-0.2, 0) is 29.6 Å². The van der Waals surface area contributed by atoms with Gasteiger partial charge >= 0.3 is 0 Å². The third kappa shape index (κ3) is 3.09. The Bertz CT molecular complexity index is 688. The Morgan fingerprint density at radius 3 is 2.85 bits per heavy atom. The van der Waals surface area contributed by atoms with Gasteiger partial charge < -0.3 is 9.52 Å².